The Balaban J connectivity index is 2.80. The molecule has 0 saturated carbocycles. The fourth-order valence-electron chi connectivity index (χ4n) is 2.12. The summed E-state index contributed by atoms with van der Waals surface area (Å²) >= 11 is 1.96. The topological polar surface area (TPSA) is 32.3 Å². The highest BCUT2D eigenvalue weighted by Gasteiger charge is 2.46. The van der Waals surface area contributed by atoms with Crippen LogP contribution in [0.2, 0.25) is 0 Å². The first kappa shape index (κ1) is 13.3. The second kappa shape index (κ2) is 5.07. The maximum atomic E-state index is 9.75. The summed E-state index contributed by atoms with van der Waals surface area (Å²) in [5.41, 5.74) is 0.0990. The lowest BCUT2D eigenvalue weighted by Gasteiger charge is -2.50. The number of hydrogen-bond donors (Lipinski definition) is 2. The molecule has 0 aromatic heterocycles. The van der Waals surface area contributed by atoms with Crippen molar-refractivity contribution in [2.45, 2.75) is 52.1 Å². The molecule has 0 bridgehead atoms. The summed E-state index contributed by atoms with van der Waals surface area (Å²) in [7, 11) is 0. The molecular formula is C12H25NOS. The molecule has 2 N–H and O–H groups in total. The average molecular weight is 231 g/mol. The van der Waals surface area contributed by atoms with E-state index in [9.17, 15) is 5.11 Å². The number of aliphatic hydroxyl groups is 1. The van der Waals surface area contributed by atoms with Crippen LogP contribution in [0, 0.1) is 5.41 Å². The van der Waals surface area contributed by atoms with Gasteiger partial charge in [-0.25, -0.2) is 0 Å². The predicted molar refractivity (Wildman–Crippen MR) is 68.4 cm³/mol. The molecule has 0 aromatic carbocycles. The van der Waals surface area contributed by atoms with E-state index in [1.54, 1.807) is 0 Å². The molecule has 90 valence electrons. The van der Waals surface area contributed by atoms with Crippen molar-refractivity contribution in [1.29, 1.82) is 0 Å². The van der Waals surface area contributed by atoms with E-state index < -0.39 is 0 Å². The Bertz CT molecular complexity index is 208. The Morgan fingerprint density at radius 3 is 2.60 bits per heavy atom. The Labute approximate surface area is 98.2 Å². The number of aliphatic hydroxyl groups excluding tert-OH is 1. The van der Waals surface area contributed by atoms with Gasteiger partial charge in [-0.1, -0.05) is 20.8 Å². The smallest absolute Gasteiger partial charge is 0.0626 e. The van der Waals surface area contributed by atoms with Crippen LogP contribution in [0.15, 0.2) is 0 Å². The highest BCUT2D eigenvalue weighted by molar-refractivity contribution is 7.99. The van der Waals surface area contributed by atoms with Crippen molar-refractivity contribution in [2.75, 3.05) is 18.1 Å². The summed E-state index contributed by atoms with van der Waals surface area (Å²) in [6.07, 6.45) is 2.30. The number of rotatable bonds is 4. The van der Waals surface area contributed by atoms with Gasteiger partial charge in [0.2, 0.25) is 0 Å². The Morgan fingerprint density at radius 1 is 1.47 bits per heavy atom. The second-order valence-electron chi connectivity index (χ2n) is 5.38. The summed E-state index contributed by atoms with van der Waals surface area (Å²) in [5.74, 6) is 2.25. The Kier molecular flexibility index (Phi) is 4.50. The van der Waals surface area contributed by atoms with Crippen LogP contribution in [-0.4, -0.2) is 34.8 Å². The standard InChI is InChI=1S/C12H25NOS/c1-5-10(2)13-12(8-14)9-15-7-6-11(12,3)4/h10,13-14H,5-9H2,1-4H3. The maximum absolute atomic E-state index is 9.75. The molecule has 2 atom stereocenters. The molecule has 1 fully saturated rings. The first-order valence-corrected chi connectivity index (χ1v) is 7.09. The lowest BCUT2D eigenvalue weighted by molar-refractivity contribution is 0.0513. The molecule has 0 aromatic rings. The largest absolute Gasteiger partial charge is 0.394 e. The number of thioether (sulfide) groups is 1. The van der Waals surface area contributed by atoms with Gasteiger partial charge in [-0.2, -0.15) is 11.8 Å². The van der Waals surface area contributed by atoms with Gasteiger partial charge in [-0.15, -0.1) is 0 Å². The Hall–Kier alpha value is 0.270. The average Bonchev–Trinajstić information content (AvgIpc) is 2.21. The third-order valence-electron chi connectivity index (χ3n) is 3.92. The van der Waals surface area contributed by atoms with E-state index in [1.165, 1.54) is 12.2 Å². The van der Waals surface area contributed by atoms with Crippen molar-refractivity contribution < 1.29 is 5.11 Å². The van der Waals surface area contributed by atoms with Gasteiger partial charge in [0.05, 0.1) is 12.1 Å². The van der Waals surface area contributed by atoms with Gasteiger partial charge in [-0.05, 0) is 30.9 Å². The van der Waals surface area contributed by atoms with E-state index in [2.05, 4.69) is 33.0 Å². The zero-order chi connectivity index (χ0) is 11.5. The van der Waals surface area contributed by atoms with Crippen molar-refractivity contribution >= 4 is 11.8 Å². The van der Waals surface area contributed by atoms with Gasteiger partial charge < -0.3 is 10.4 Å². The second-order valence-corrected chi connectivity index (χ2v) is 6.49. The van der Waals surface area contributed by atoms with Crippen molar-refractivity contribution in [2.24, 2.45) is 5.41 Å². The molecule has 2 nitrogen and oxygen atoms in total. The quantitative estimate of drug-likeness (QED) is 0.778. The Morgan fingerprint density at radius 2 is 2.13 bits per heavy atom. The third-order valence-corrected chi connectivity index (χ3v) is 5.11. The van der Waals surface area contributed by atoms with E-state index in [4.69, 9.17) is 0 Å². The maximum Gasteiger partial charge on any atom is 0.0626 e. The number of nitrogens with one attached hydrogen (secondary N) is 1. The minimum Gasteiger partial charge on any atom is -0.394 e. The molecule has 1 heterocycles. The van der Waals surface area contributed by atoms with Crippen molar-refractivity contribution in [1.82, 2.24) is 5.32 Å². The van der Waals surface area contributed by atoms with Crippen LogP contribution < -0.4 is 5.32 Å². The molecule has 0 aliphatic carbocycles. The van der Waals surface area contributed by atoms with E-state index in [0.717, 1.165) is 12.2 Å². The monoisotopic (exact) mass is 231 g/mol. The molecule has 0 amide bonds. The number of hydrogen-bond acceptors (Lipinski definition) is 3. The van der Waals surface area contributed by atoms with Crippen molar-refractivity contribution in [3.63, 3.8) is 0 Å². The normalized spacial score (nSPS) is 32.6. The third kappa shape index (κ3) is 2.69. The minimum absolute atomic E-state index is 0.0919. The SMILES string of the molecule is CCC(C)NC1(CO)CSCCC1(C)C. The summed E-state index contributed by atoms with van der Waals surface area (Å²) in [4.78, 5) is 0. The van der Waals surface area contributed by atoms with Crippen LogP contribution in [0.25, 0.3) is 0 Å². The zero-order valence-electron chi connectivity index (χ0n) is 10.5. The van der Waals surface area contributed by atoms with Crippen LogP contribution in [0.1, 0.15) is 40.5 Å². The van der Waals surface area contributed by atoms with Crippen LogP contribution in [-0.2, 0) is 0 Å². The van der Waals surface area contributed by atoms with E-state index >= 15 is 0 Å². The summed E-state index contributed by atoms with van der Waals surface area (Å²) in [5, 5.41) is 13.4. The summed E-state index contributed by atoms with van der Waals surface area (Å²) < 4.78 is 0. The van der Waals surface area contributed by atoms with Gasteiger partial charge in [0.15, 0.2) is 0 Å². The van der Waals surface area contributed by atoms with Gasteiger partial charge >= 0.3 is 0 Å². The first-order valence-electron chi connectivity index (χ1n) is 5.94. The molecule has 1 rings (SSSR count). The van der Waals surface area contributed by atoms with E-state index in [1.807, 2.05) is 11.8 Å². The molecule has 3 heteroatoms. The van der Waals surface area contributed by atoms with Crippen LogP contribution in [0.3, 0.4) is 0 Å². The molecule has 1 aliphatic rings. The highest BCUT2D eigenvalue weighted by atomic mass is 32.2. The molecule has 1 saturated heterocycles. The summed E-state index contributed by atoms with van der Waals surface area (Å²) in [6, 6.07) is 0.482. The lowest BCUT2D eigenvalue weighted by Crippen LogP contribution is -2.64. The molecule has 0 radical (unpaired) electrons. The zero-order valence-corrected chi connectivity index (χ0v) is 11.3. The highest BCUT2D eigenvalue weighted by Crippen LogP contribution is 2.42. The first-order chi connectivity index (χ1) is 6.97. The van der Waals surface area contributed by atoms with Crippen molar-refractivity contribution in [3.8, 4) is 0 Å². The van der Waals surface area contributed by atoms with Gasteiger partial charge in [0, 0.05) is 11.8 Å². The molecule has 2 unspecified atom stereocenters. The van der Waals surface area contributed by atoms with E-state index in [0.29, 0.717) is 6.04 Å². The molecule has 1 aliphatic heterocycles. The summed E-state index contributed by atoms with van der Waals surface area (Å²) in [6.45, 7) is 9.19. The van der Waals surface area contributed by atoms with Gasteiger partial charge in [-0.3, -0.25) is 0 Å². The minimum atomic E-state index is -0.0919. The van der Waals surface area contributed by atoms with Crippen molar-refractivity contribution in [3.05, 3.63) is 0 Å². The predicted octanol–water partition coefficient (Wildman–Crippen LogP) is 2.27. The molecule has 0 spiro atoms. The molecular weight excluding hydrogens is 206 g/mol. The van der Waals surface area contributed by atoms with Crippen LogP contribution >= 0.6 is 11.8 Å². The fourth-order valence-corrected chi connectivity index (χ4v) is 3.84. The fraction of sp³-hybridized carbons (Fsp3) is 1.00. The molecule has 15 heavy (non-hydrogen) atoms. The van der Waals surface area contributed by atoms with Gasteiger partial charge in [0.1, 0.15) is 0 Å². The van der Waals surface area contributed by atoms with Crippen LogP contribution in [0.4, 0.5) is 0 Å². The lowest BCUT2D eigenvalue weighted by atomic mass is 9.71. The van der Waals surface area contributed by atoms with Gasteiger partial charge in [0.25, 0.3) is 0 Å². The van der Waals surface area contributed by atoms with Crippen LogP contribution in [0.5, 0.6) is 0 Å². The van der Waals surface area contributed by atoms with E-state index in [-0.39, 0.29) is 17.6 Å².